The number of aliphatic hydroxyl groups excluding tert-OH is 1. The molecule has 0 spiro atoms. The number of nitrogens with two attached hydrogens (primary N) is 1. The normalized spacial score (nSPS) is 23.9. The highest BCUT2D eigenvalue weighted by molar-refractivity contribution is 8.00. The number of nitrogens with one attached hydrogen (secondary N) is 6. The zero-order chi connectivity index (χ0) is 44.4. The highest BCUT2D eigenvalue weighted by Crippen LogP contribution is 2.26. The molecule has 9 N–H and O–H groups in total. The van der Waals surface area contributed by atoms with Crippen molar-refractivity contribution >= 4 is 58.1 Å². The zero-order valence-electron chi connectivity index (χ0n) is 35.4. The van der Waals surface area contributed by atoms with E-state index >= 15 is 0 Å². The van der Waals surface area contributed by atoms with Crippen molar-refractivity contribution in [1.82, 2.24) is 36.5 Å². The molecule has 16 heteroatoms. The number of fused-ring (bicyclic) bond motifs is 2. The smallest absolute Gasteiger partial charge is 0.246 e. The number of aromatic amines is 1. The van der Waals surface area contributed by atoms with Crippen LogP contribution in [0, 0.1) is 0 Å². The summed E-state index contributed by atoms with van der Waals surface area (Å²) < 4.78 is -0.336. The number of hydrogen-bond acceptors (Lipinski definition) is 9. The minimum atomic E-state index is -1.38. The Morgan fingerprint density at radius 2 is 1.42 bits per heavy atom. The summed E-state index contributed by atoms with van der Waals surface area (Å²) in [5.41, 5.74) is 9.54. The summed E-state index contributed by atoms with van der Waals surface area (Å²) in [6, 6.07) is 19.0. The highest BCUT2D eigenvalue weighted by atomic mass is 32.2. The van der Waals surface area contributed by atoms with Crippen LogP contribution in [0.15, 0.2) is 91.1 Å². The molecule has 2 saturated heterocycles. The lowest BCUT2D eigenvalue weighted by molar-refractivity contribution is -0.144. The summed E-state index contributed by atoms with van der Waals surface area (Å²) in [7, 11) is 0. The number of amides is 6. The van der Waals surface area contributed by atoms with Gasteiger partial charge < -0.3 is 47.3 Å². The van der Waals surface area contributed by atoms with Crippen molar-refractivity contribution in [3.05, 3.63) is 108 Å². The van der Waals surface area contributed by atoms with E-state index in [2.05, 4.69) is 31.6 Å². The first-order chi connectivity index (χ1) is 29.7. The second kappa shape index (κ2) is 20.9. The third kappa shape index (κ3) is 12.2. The number of rotatable bonds is 10. The van der Waals surface area contributed by atoms with Crippen LogP contribution in [0.4, 0.5) is 0 Å². The Labute approximate surface area is 366 Å². The first-order valence-electron chi connectivity index (χ1n) is 21.2. The Hall–Kier alpha value is -5.71. The summed E-state index contributed by atoms with van der Waals surface area (Å²) in [4.78, 5) is 89.6. The largest absolute Gasteiger partial charge is 0.390 e. The van der Waals surface area contributed by atoms with Gasteiger partial charge in [-0.25, -0.2) is 0 Å². The van der Waals surface area contributed by atoms with Gasteiger partial charge in [-0.15, -0.1) is 0 Å². The molecule has 0 unspecified atom stereocenters. The summed E-state index contributed by atoms with van der Waals surface area (Å²) in [6.45, 7) is 5.98. The maximum absolute atomic E-state index is 14.5. The molecule has 6 rings (SSSR count). The second-order valence-corrected chi connectivity index (χ2v) is 18.8. The zero-order valence-corrected chi connectivity index (χ0v) is 36.2. The number of para-hydroxylation sites is 1. The number of aliphatic hydroxyl groups is 1. The molecule has 0 radical (unpaired) electrons. The minimum absolute atomic E-state index is 0.0128. The van der Waals surface area contributed by atoms with Crippen molar-refractivity contribution in [2.24, 2.45) is 5.73 Å². The average Bonchev–Trinajstić information content (AvgIpc) is 3.85. The SMILES string of the molecule is CC(C)(C)SC[C@H]1NC(=O)[C@@H]2[C@@H](O)CCN2C(=O)[C@@H](NC(=O)[C@@H](N)Cc2ccccc2)CCCNC(=O)[C@H](Cc2ccccc2)NC(=O)[C@H](Cc2c[nH]c3ccccc23)NC1=O. The quantitative estimate of drug-likeness (QED) is 0.116. The van der Waals surface area contributed by atoms with Crippen LogP contribution in [-0.4, -0.2) is 116 Å². The summed E-state index contributed by atoms with van der Waals surface area (Å²) in [5.74, 6) is -3.59. The van der Waals surface area contributed by atoms with E-state index in [1.807, 2.05) is 106 Å². The maximum atomic E-state index is 14.5. The van der Waals surface area contributed by atoms with Gasteiger partial charge in [0.05, 0.1) is 12.1 Å². The topological polar surface area (TPSA) is 228 Å². The van der Waals surface area contributed by atoms with Crippen LogP contribution < -0.4 is 32.3 Å². The van der Waals surface area contributed by atoms with E-state index in [1.165, 1.54) is 16.7 Å². The van der Waals surface area contributed by atoms with Crippen molar-refractivity contribution in [3.8, 4) is 0 Å². The number of hydrogen-bond donors (Lipinski definition) is 8. The molecule has 15 nitrogen and oxygen atoms in total. The average molecular weight is 867 g/mol. The van der Waals surface area contributed by atoms with Crippen LogP contribution in [0.1, 0.15) is 56.7 Å². The van der Waals surface area contributed by atoms with Crippen molar-refractivity contribution in [2.75, 3.05) is 18.8 Å². The molecule has 2 fully saturated rings. The molecular formula is C46H58N8O7S. The Morgan fingerprint density at radius 3 is 2.11 bits per heavy atom. The molecule has 3 heterocycles. The van der Waals surface area contributed by atoms with Gasteiger partial charge in [0.25, 0.3) is 0 Å². The van der Waals surface area contributed by atoms with Gasteiger partial charge in [0.2, 0.25) is 35.4 Å². The molecular weight excluding hydrogens is 809 g/mol. The predicted molar refractivity (Wildman–Crippen MR) is 239 cm³/mol. The van der Waals surface area contributed by atoms with Crippen molar-refractivity contribution < 1.29 is 33.9 Å². The van der Waals surface area contributed by atoms with Crippen LogP contribution >= 0.6 is 11.8 Å². The van der Waals surface area contributed by atoms with Crippen LogP contribution in [0.2, 0.25) is 0 Å². The van der Waals surface area contributed by atoms with Gasteiger partial charge >= 0.3 is 0 Å². The van der Waals surface area contributed by atoms with Crippen LogP contribution in [0.3, 0.4) is 0 Å². The van der Waals surface area contributed by atoms with E-state index < -0.39 is 77.8 Å². The van der Waals surface area contributed by atoms with E-state index in [4.69, 9.17) is 5.73 Å². The van der Waals surface area contributed by atoms with Crippen molar-refractivity contribution in [3.63, 3.8) is 0 Å². The van der Waals surface area contributed by atoms with Gasteiger partial charge in [-0.3, -0.25) is 28.8 Å². The van der Waals surface area contributed by atoms with E-state index in [0.29, 0.717) is 0 Å². The lowest BCUT2D eigenvalue weighted by Gasteiger charge is -2.32. The Morgan fingerprint density at radius 1 is 0.806 bits per heavy atom. The van der Waals surface area contributed by atoms with E-state index in [1.54, 1.807) is 6.20 Å². The summed E-state index contributed by atoms with van der Waals surface area (Å²) in [5, 5.41) is 26.3. The molecule has 0 bridgehead atoms. The lowest BCUT2D eigenvalue weighted by Crippen LogP contribution is -2.61. The highest BCUT2D eigenvalue weighted by Gasteiger charge is 2.44. The fraction of sp³-hybridized carbons (Fsp3) is 0.435. The number of thioether (sulfide) groups is 1. The van der Waals surface area contributed by atoms with Gasteiger partial charge in [-0.05, 0) is 48.4 Å². The molecule has 62 heavy (non-hydrogen) atoms. The van der Waals surface area contributed by atoms with Crippen LogP contribution in [0.5, 0.6) is 0 Å². The van der Waals surface area contributed by atoms with Gasteiger partial charge in [-0.1, -0.05) is 99.6 Å². The standard InChI is InChI=1S/C46H58N8O7S/c1-46(2,3)62-27-37-43(59)52-36(25-30-26-49-33-18-11-10-17-31(30)33)42(58)51-35(24-29-15-8-5-9-16-29)41(57)48-21-12-19-34(45(61)54-22-20-38(55)39(54)44(60)53-37)50-40(56)32(47)23-28-13-6-4-7-14-28/h4-11,13-18,26,32,34-39,49,55H,12,19-25,27,47H2,1-3H3,(H,48,57)(H,50,56)(H,51,58)(H,52,59)(H,53,60)/t32-,34-,35-,36-,37+,38-,39-/m0/s1. The molecule has 330 valence electrons. The molecule has 6 amide bonds. The fourth-order valence-corrected chi connectivity index (χ4v) is 8.69. The summed E-state index contributed by atoms with van der Waals surface area (Å²) in [6.07, 6.45) is 1.28. The monoisotopic (exact) mass is 866 g/mol. The number of nitrogens with zero attached hydrogens (tertiary/aromatic N) is 1. The Balaban J connectivity index is 1.33. The number of carbonyl (C=O) groups excluding carboxylic acids is 6. The third-order valence-corrected chi connectivity index (χ3v) is 12.5. The van der Waals surface area contributed by atoms with E-state index in [9.17, 15) is 33.9 Å². The molecule has 0 saturated carbocycles. The fourth-order valence-electron chi connectivity index (χ4n) is 7.78. The van der Waals surface area contributed by atoms with Crippen LogP contribution in [-0.2, 0) is 48.0 Å². The maximum Gasteiger partial charge on any atom is 0.246 e. The molecule has 7 atom stereocenters. The summed E-state index contributed by atoms with van der Waals surface area (Å²) >= 11 is 1.41. The molecule has 3 aromatic carbocycles. The Bertz CT molecular complexity index is 2200. The van der Waals surface area contributed by atoms with Gasteiger partial charge in [-0.2, -0.15) is 11.8 Å². The van der Waals surface area contributed by atoms with E-state index in [0.717, 1.165) is 27.6 Å². The third-order valence-electron chi connectivity index (χ3n) is 11.1. The number of carbonyl (C=O) groups is 6. The van der Waals surface area contributed by atoms with Gasteiger partial charge in [0.1, 0.15) is 30.2 Å². The Kier molecular flexibility index (Phi) is 15.4. The van der Waals surface area contributed by atoms with Crippen molar-refractivity contribution in [1.29, 1.82) is 0 Å². The van der Waals surface area contributed by atoms with Gasteiger partial charge in [0, 0.05) is 53.5 Å². The van der Waals surface area contributed by atoms with Crippen LogP contribution in [0.25, 0.3) is 10.9 Å². The lowest BCUT2D eigenvalue weighted by atomic mass is 10.0. The van der Waals surface area contributed by atoms with Gasteiger partial charge in [0.15, 0.2) is 0 Å². The molecule has 2 aliphatic heterocycles. The minimum Gasteiger partial charge on any atom is -0.390 e. The first-order valence-corrected chi connectivity index (χ1v) is 22.2. The number of aromatic nitrogens is 1. The molecule has 2 aliphatic rings. The molecule has 4 aromatic rings. The first kappa shape index (κ1) is 45.8. The molecule has 0 aliphatic carbocycles. The van der Waals surface area contributed by atoms with Crippen molar-refractivity contribution in [2.45, 2.75) is 106 Å². The van der Waals surface area contributed by atoms with E-state index in [-0.39, 0.29) is 62.1 Å². The number of benzene rings is 3. The predicted octanol–water partition coefficient (Wildman–Crippen LogP) is 1.87. The number of H-pyrrole nitrogens is 1. The second-order valence-electron chi connectivity index (χ2n) is 17.0. The molecule has 1 aromatic heterocycles.